The number of amides is 1. The van der Waals surface area contributed by atoms with E-state index in [-0.39, 0.29) is 29.9 Å². The van der Waals surface area contributed by atoms with Crippen LogP contribution in [0.15, 0.2) is 29.4 Å². The topological polar surface area (TPSA) is 78.3 Å². The molecule has 0 N–H and O–H groups in total. The molecule has 2 atom stereocenters. The Balaban J connectivity index is 2.28. The lowest BCUT2D eigenvalue weighted by Crippen LogP contribution is -2.54. The van der Waals surface area contributed by atoms with Crippen molar-refractivity contribution in [1.82, 2.24) is 4.90 Å². The van der Waals surface area contributed by atoms with Crippen LogP contribution in [0.4, 0.5) is 9.18 Å². The standard InChI is InChI=1S/C18H25FN4O2/c1-13(17(2,3)4)23-12-10-18(25-16(23)24,9-11-21-22-20)14-5-7-15(19)8-6-14/h5-8,13H,9-12H2,1-4H3/t13-,18+/m0/s1. The van der Waals surface area contributed by atoms with Crippen LogP contribution in [0.5, 0.6) is 0 Å². The van der Waals surface area contributed by atoms with E-state index in [1.54, 1.807) is 17.0 Å². The van der Waals surface area contributed by atoms with Crippen molar-refractivity contribution in [3.63, 3.8) is 0 Å². The summed E-state index contributed by atoms with van der Waals surface area (Å²) in [4.78, 5) is 17.2. The molecule has 1 fully saturated rings. The molecule has 1 aromatic carbocycles. The molecule has 1 aliphatic heterocycles. The Morgan fingerprint density at radius 2 is 2.04 bits per heavy atom. The SMILES string of the molecule is C[C@H](N1CC[C@](CCN=[N+]=[N-])(c2ccc(F)cc2)OC1=O)C(C)(C)C. The minimum absolute atomic E-state index is 0.0170. The lowest BCUT2D eigenvalue weighted by Gasteiger charge is -2.46. The molecule has 7 heteroatoms. The molecule has 0 radical (unpaired) electrons. The molecule has 1 aromatic rings. The van der Waals surface area contributed by atoms with Crippen LogP contribution in [0.1, 0.15) is 46.1 Å². The lowest BCUT2D eigenvalue weighted by molar-refractivity contribution is -0.0724. The summed E-state index contributed by atoms with van der Waals surface area (Å²) in [7, 11) is 0. The zero-order chi connectivity index (χ0) is 18.7. The Morgan fingerprint density at radius 1 is 1.40 bits per heavy atom. The van der Waals surface area contributed by atoms with Crippen molar-refractivity contribution in [3.05, 3.63) is 46.1 Å². The van der Waals surface area contributed by atoms with Gasteiger partial charge in [0.1, 0.15) is 11.4 Å². The molecule has 25 heavy (non-hydrogen) atoms. The van der Waals surface area contributed by atoms with Gasteiger partial charge in [-0.25, -0.2) is 9.18 Å². The molecule has 136 valence electrons. The maximum atomic E-state index is 13.3. The van der Waals surface area contributed by atoms with E-state index in [1.807, 2.05) is 6.92 Å². The zero-order valence-corrected chi connectivity index (χ0v) is 15.2. The van der Waals surface area contributed by atoms with Gasteiger partial charge in [0.2, 0.25) is 0 Å². The third-order valence-electron chi connectivity index (χ3n) is 5.04. The predicted molar refractivity (Wildman–Crippen MR) is 93.4 cm³/mol. The Labute approximate surface area is 147 Å². The zero-order valence-electron chi connectivity index (χ0n) is 15.2. The van der Waals surface area contributed by atoms with Crippen molar-refractivity contribution < 1.29 is 13.9 Å². The van der Waals surface area contributed by atoms with E-state index in [2.05, 4.69) is 30.8 Å². The van der Waals surface area contributed by atoms with Crippen LogP contribution in [-0.2, 0) is 10.3 Å². The van der Waals surface area contributed by atoms with E-state index in [4.69, 9.17) is 10.3 Å². The number of nitrogens with zero attached hydrogens (tertiary/aromatic N) is 4. The first-order chi connectivity index (χ1) is 11.7. The van der Waals surface area contributed by atoms with Crippen LogP contribution in [0.3, 0.4) is 0 Å². The lowest BCUT2D eigenvalue weighted by atomic mass is 9.83. The minimum atomic E-state index is -0.896. The third-order valence-corrected chi connectivity index (χ3v) is 5.04. The molecule has 6 nitrogen and oxygen atoms in total. The van der Waals surface area contributed by atoms with Crippen molar-refractivity contribution in [2.75, 3.05) is 13.1 Å². The summed E-state index contributed by atoms with van der Waals surface area (Å²) in [5.74, 6) is -0.348. The number of hydrogen-bond donors (Lipinski definition) is 0. The summed E-state index contributed by atoms with van der Waals surface area (Å²) >= 11 is 0. The minimum Gasteiger partial charge on any atom is -0.438 e. The monoisotopic (exact) mass is 348 g/mol. The summed E-state index contributed by atoms with van der Waals surface area (Å²) in [6.07, 6.45) is 0.539. The van der Waals surface area contributed by atoms with Gasteiger partial charge in [0, 0.05) is 30.5 Å². The van der Waals surface area contributed by atoms with Crippen molar-refractivity contribution in [1.29, 1.82) is 0 Å². The van der Waals surface area contributed by atoms with Gasteiger partial charge in [-0.2, -0.15) is 0 Å². The molecule has 1 aliphatic rings. The van der Waals surface area contributed by atoms with Gasteiger partial charge in [-0.3, -0.25) is 0 Å². The second-order valence-corrected chi connectivity index (χ2v) is 7.56. The highest BCUT2D eigenvalue weighted by atomic mass is 19.1. The summed E-state index contributed by atoms with van der Waals surface area (Å²) in [6.45, 7) is 8.98. The number of rotatable bonds is 5. The van der Waals surface area contributed by atoms with Gasteiger partial charge in [0.25, 0.3) is 0 Å². The highest BCUT2D eigenvalue weighted by Gasteiger charge is 2.44. The van der Waals surface area contributed by atoms with Crippen LogP contribution in [0.25, 0.3) is 10.4 Å². The molecule has 0 spiro atoms. The summed E-state index contributed by atoms with van der Waals surface area (Å²) < 4.78 is 19.1. The average Bonchev–Trinajstić information content (AvgIpc) is 2.54. The van der Waals surface area contributed by atoms with E-state index < -0.39 is 5.60 Å². The van der Waals surface area contributed by atoms with Crippen molar-refractivity contribution in [3.8, 4) is 0 Å². The molecule has 0 unspecified atom stereocenters. The van der Waals surface area contributed by atoms with Crippen LogP contribution in [0, 0.1) is 11.2 Å². The van der Waals surface area contributed by atoms with Gasteiger partial charge < -0.3 is 9.64 Å². The molecule has 0 aromatic heterocycles. The number of ether oxygens (including phenoxy) is 1. The molecule has 0 aliphatic carbocycles. The first-order valence-corrected chi connectivity index (χ1v) is 8.46. The first-order valence-electron chi connectivity index (χ1n) is 8.46. The maximum absolute atomic E-state index is 13.3. The quantitative estimate of drug-likeness (QED) is 0.426. The first kappa shape index (κ1) is 19.1. The average molecular weight is 348 g/mol. The van der Waals surface area contributed by atoms with E-state index in [9.17, 15) is 9.18 Å². The Kier molecular flexibility index (Phi) is 5.58. The number of hydrogen-bond acceptors (Lipinski definition) is 3. The molecule has 2 rings (SSSR count). The number of azide groups is 1. The van der Waals surface area contributed by atoms with Gasteiger partial charge in [0.15, 0.2) is 0 Å². The van der Waals surface area contributed by atoms with Gasteiger partial charge >= 0.3 is 6.09 Å². The highest BCUT2D eigenvalue weighted by Crippen LogP contribution is 2.39. The second-order valence-electron chi connectivity index (χ2n) is 7.56. The smallest absolute Gasteiger partial charge is 0.410 e. The summed E-state index contributed by atoms with van der Waals surface area (Å²) in [5.41, 5.74) is 8.29. The Hall–Kier alpha value is -2.27. The maximum Gasteiger partial charge on any atom is 0.410 e. The van der Waals surface area contributed by atoms with Gasteiger partial charge in [-0.05, 0) is 42.0 Å². The Morgan fingerprint density at radius 3 is 2.56 bits per heavy atom. The largest absolute Gasteiger partial charge is 0.438 e. The fourth-order valence-corrected chi connectivity index (χ4v) is 3.04. The molecular weight excluding hydrogens is 323 g/mol. The molecule has 1 heterocycles. The van der Waals surface area contributed by atoms with Crippen LogP contribution >= 0.6 is 0 Å². The van der Waals surface area contributed by atoms with Gasteiger partial charge in [0.05, 0.1) is 0 Å². The molecule has 0 bridgehead atoms. The molecule has 1 amide bonds. The number of halogens is 1. The van der Waals surface area contributed by atoms with Gasteiger partial charge in [-0.1, -0.05) is 38.0 Å². The summed E-state index contributed by atoms with van der Waals surface area (Å²) in [6, 6.07) is 5.97. The van der Waals surface area contributed by atoms with Crippen molar-refractivity contribution in [2.24, 2.45) is 10.5 Å². The van der Waals surface area contributed by atoms with Crippen molar-refractivity contribution >= 4 is 6.09 Å². The molecular formula is C18H25FN4O2. The third kappa shape index (κ3) is 4.23. The normalized spacial score (nSPS) is 22.1. The fraction of sp³-hybridized carbons (Fsp3) is 0.611. The molecule has 0 saturated carbocycles. The van der Waals surface area contributed by atoms with E-state index in [0.29, 0.717) is 19.4 Å². The van der Waals surface area contributed by atoms with E-state index in [0.717, 1.165) is 5.56 Å². The Bertz CT molecular complexity index is 665. The predicted octanol–water partition coefficient (Wildman–Crippen LogP) is 5.00. The summed E-state index contributed by atoms with van der Waals surface area (Å²) in [5, 5.41) is 3.57. The highest BCUT2D eigenvalue weighted by molar-refractivity contribution is 5.70. The number of cyclic esters (lactones) is 1. The fourth-order valence-electron chi connectivity index (χ4n) is 3.04. The number of carbonyl (C=O) groups is 1. The van der Waals surface area contributed by atoms with Crippen LogP contribution < -0.4 is 0 Å². The number of benzene rings is 1. The van der Waals surface area contributed by atoms with Crippen LogP contribution in [-0.4, -0.2) is 30.1 Å². The van der Waals surface area contributed by atoms with E-state index >= 15 is 0 Å². The van der Waals surface area contributed by atoms with Crippen molar-refractivity contribution in [2.45, 2.75) is 52.2 Å². The van der Waals surface area contributed by atoms with E-state index in [1.165, 1.54) is 12.1 Å². The number of carbonyl (C=O) groups excluding carboxylic acids is 1. The van der Waals surface area contributed by atoms with Crippen LogP contribution in [0.2, 0.25) is 0 Å². The van der Waals surface area contributed by atoms with Gasteiger partial charge in [-0.15, -0.1) is 0 Å². The second kappa shape index (κ2) is 7.31. The molecule has 1 saturated heterocycles.